The van der Waals surface area contributed by atoms with Crippen molar-refractivity contribution < 1.29 is 14.3 Å². The molecule has 1 fully saturated rings. The number of carbonyl (C=O) groups excluding carboxylic acids is 1. The van der Waals surface area contributed by atoms with Gasteiger partial charge in [0.25, 0.3) is 5.91 Å². The van der Waals surface area contributed by atoms with Crippen LogP contribution in [0.4, 0.5) is 28.8 Å². The Labute approximate surface area is 200 Å². The summed E-state index contributed by atoms with van der Waals surface area (Å²) in [6, 6.07) is 13.2. The van der Waals surface area contributed by atoms with Gasteiger partial charge in [0.2, 0.25) is 5.95 Å². The van der Waals surface area contributed by atoms with Gasteiger partial charge in [0.15, 0.2) is 0 Å². The molecule has 9 nitrogen and oxygen atoms in total. The summed E-state index contributed by atoms with van der Waals surface area (Å²) in [6.07, 6.45) is 1.65. The number of hydrogen-bond acceptors (Lipinski definition) is 8. The average molecular weight is 513 g/mol. The number of nitrogens with zero attached hydrogens (tertiary/aromatic N) is 3. The fourth-order valence-corrected chi connectivity index (χ4v) is 3.79. The van der Waals surface area contributed by atoms with Crippen molar-refractivity contribution in [1.82, 2.24) is 15.3 Å². The van der Waals surface area contributed by atoms with E-state index >= 15 is 0 Å². The van der Waals surface area contributed by atoms with Gasteiger partial charge < -0.3 is 30.3 Å². The average Bonchev–Trinajstić information content (AvgIpc) is 2.86. The maximum Gasteiger partial charge on any atom is 0.253 e. The number of halogens is 1. The standard InChI is InChI=1S/C23H25BrN6O3/c1-25-22(31)16-5-3-4-6-18(16)27-21-17(24)14-26-23(29-21)28-19-13-15(7-8-20(19)32-2)30-9-11-33-12-10-30/h3-8,13-14H,9-12H2,1-2H3,(H,25,31)(H2,26,27,28,29). The summed E-state index contributed by atoms with van der Waals surface area (Å²) in [4.78, 5) is 23.5. The molecule has 2 aromatic carbocycles. The summed E-state index contributed by atoms with van der Waals surface area (Å²) >= 11 is 3.48. The molecule has 3 N–H and O–H groups in total. The molecule has 2 heterocycles. The highest BCUT2D eigenvalue weighted by Gasteiger charge is 2.16. The van der Waals surface area contributed by atoms with Gasteiger partial charge in [-0.15, -0.1) is 0 Å². The van der Waals surface area contributed by atoms with Gasteiger partial charge in [-0.25, -0.2) is 4.98 Å². The summed E-state index contributed by atoms with van der Waals surface area (Å²) in [7, 11) is 3.22. The van der Waals surface area contributed by atoms with Gasteiger partial charge in [-0.3, -0.25) is 4.79 Å². The molecule has 0 atom stereocenters. The van der Waals surface area contributed by atoms with E-state index in [1.54, 1.807) is 26.4 Å². The molecular weight excluding hydrogens is 488 g/mol. The number of hydrogen-bond donors (Lipinski definition) is 3. The Bertz CT molecular complexity index is 1140. The summed E-state index contributed by atoms with van der Waals surface area (Å²) in [6.45, 7) is 3.08. The predicted molar refractivity (Wildman–Crippen MR) is 132 cm³/mol. The fraction of sp³-hybridized carbons (Fsp3) is 0.261. The lowest BCUT2D eigenvalue weighted by molar-refractivity contribution is 0.0964. The minimum Gasteiger partial charge on any atom is -0.495 e. The second kappa shape index (κ2) is 10.5. The zero-order valence-electron chi connectivity index (χ0n) is 18.4. The summed E-state index contributed by atoms with van der Waals surface area (Å²) in [5.74, 6) is 1.40. The van der Waals surface area contributed by atoms with Crippen LogP contribution in [0.15, 0.2) is 53.1 Å². The summed E-state index contributed by atoms with van der Waals surface area (Å²) < 4.78 is 11.7. The molecule has 1 amide bonds. The molecule has 0 aliphatic carbocycles. The number of anilines is 5. The molecule has 172 valence electrons. The molecule has 3 aromatic rings. The van der Waals surface area contributed by atoms with Crippen molar-refractivity contribution >= 4 is 50.7 Å². The molecule has 0 unspecified atom stereocenters. The Morgan fingerprint density at radius 3 is 2.67 bits per heavy atom. The first-order valence-electron chi connectivity index (χ1n) is 10.5. The number of benzene rings is 2. The maximum absolute atomic E-state index is 12.2. The van der Waals surface area contributed by atoms with Crippen LogP contribution >= 0.6 is 15.9 Å². The second-order valence-corrected chi connectivity index (χ2v) is 8.10. The highest BCUT2D eigenvalue weighted by molar-refractivity contribution is 9.10. The van der Waals surface area contributed by atoms with E-state index in [0.29, 0.717) is 46.5 Å². The highest BCUT2D eigenvalue weighted by Crippen LogP contribution is 2.33. The second-order valence-electron chi connectivity index (χ2n) is 7.25. The van der Waals surface area contributed by atoms with Crippen LogP contribution in [0.2, 0.25) is 0 Å². The predicted octanol–water partition coefficient (Wildman–Crippen LogP) is 3.93. The minimum atomic E-state index is -0.189. The van der Waals surface area contributed by atoms with Crippen molar-refractivity contribution in [3.8, 4) is 5.75 Å². The number of carbonyl (C=O) groups is 1. The van der Waals surface area contributed by atoms with Crippen LogP contribution in [0.3, 0.4) is 0 Å². The monoisotopic (exact) mass is 512 g/mol. The first-order chi connectivity index (χ1) is 16.1. The van der Waals surface area contributed by atoms with E-state index in [9.17, 15) is 4.79 Å². The van der Waals surface area contributed by atoms with Crippen LogP contribution in [-0.2, 0) is 4.74 Å². The molecule has 0 saturated carbocycles. The van der Waals surface area contributed by atoms with Crippen molar-refractivity contribution in [1.29, 1.82) is 0 Å². The number of para-hydroxylation sites is 1. The van der Waals surface area contributed by atoms with Crippen molar-refractivity contribution in [3.63, 3.8) is 0 Å². The van der Waals surface area contributed by atoms with E-state index in [1.165, 1.54) is 0 Å². The highest BCUT2D eigenvalue weighted by atomic mass is 79.9. The van der Waals surface area contributed by atoms with Gasteiger partial charge in [-0.05, 0) is 46.3 Å². The van der Waals surface area contributed by atoms with Crippen LogP contribution in [0, 0.1) is 0 Å². The third-order valence-corrected chi connectivity index (χ3v) is 5.78. The van der Waals surface area contributed by atoms with Gasteiger partial charge in [-0.2, -0.15) is 4.98 Å². The Morgan fingerprint density at radius 1 is 1.12 bits per heavy atom. The van der Waals surface area contributed by atoms with E-state index in [2.05, 4.69) is 46.7 Å². The maximum atomic E-state index is 12.2. The van der Waals surface area contributed by atoms with Crippen LogP contribution in [0.5, 0.6) is 5.75 Å². The zero-order valence-corrected chi connectivity index (χ0v) is 20.0. The number of methoxy groups -OCH3 is 1. The first-order valence-corrected chi connectivity index (χ1v) is 11.3. The van der Waals surface area contributed by atoms with Gasteiger partial charge in [0.1, 0.15) is 11.6 Å². The SMILES string of the molecule is CNC(=O)c1ccccc1Nc1nc(Nc2cc(N3CCOCC3)ccc2OC)ncc1Br. The van der Waals surface area contributed by atoms with E-state index < -0.39 is 0 Å². The number of morpholine rings is 1. The Hall–Kier alpha value is -3.37. The summed E-state index contributed by atoms with van der Waals surface area (Å²) in [5, 5.41) is 9.13. The lowest BCUT2D eigenvalue weighted by Gasteiger charge is -2.29. The third kappa shape index (κ3) is 5.35. The van der Waals surface area contributed by atoms with Crippen LogP contribution < -0.4 is 25.6 Å². The van der Waals surface area contributed by atoms with Gasteiger partial charge in [0.05, 0.1) is 41.7 Å². The van der Waals surface area contributed by atoms with E-state index in [1.807, 2.05) is 36.4 Å². The Morgan fingerprint density at radius 2 is 1.91 bits per heavy atom. The van der Waals surface area contributed by atoms with E-state index in [0.717, 1.165) is 24.5 Å². The molecule has 0 spiro atoms. The zero-order chi connectivity index (χ0) is 23.2. The quantitative estimate of drug-likeness (QED) is 0.437. The number of aromatic nitrogens is 2. The van der Waals surface area contributed by atoms with E-state index in [-0.39, 0.29) is 5.91 Å². The first kappa shape index (κ1) is 22.8. The van der Waals surface area contributed by atoms with Crippen molar-refractivity contribution in [2.24, 2.45) is 0 Å². The molecule has 1 aliphatic rings. The molecule has 0 radical (unpaired) electrons. The molecule has 4 rings (SSSR count). The number of ether oxygens (including phenoxy) is 2. The van der Waals surface area contributed by atoms with E-state index in [4.69, 9.17) is 9.47 Å². The summed E-state index contributed by atoms with van der Waals surface area (Å²) in [5.41, 5.74) is 2.96. The Balaban J connectivity index is 1.60. The molecular formula is C23H25BrN6O3. The third-order valence-electron chi connectivity index (χ3n) is 5.20. The molecule has 0 bridgehead atoms. The van der Waals surface area contributed by atoms with Gasteiger partial charge >= 0.3 is 0 Å². The normalized spacial score (nSPS) is 13.4. The lowest BCUT2D eigenvalue weighted by Crippen LogP contribution is -2.36. The van der Waals surface area contributed by atoms with Crippen molar-refractivity contribution in [3.05, 3.63) is 58.7 Å². The number of amides is 1. The van der Waals surface area contributed by atoms with Gasteiger partial charge in [0, 0.05) is 32.0 Å². The lowest BCUT2D eigenvalue weighted by atomic mass is 10.1. The number of nitrogens with one attached hydrogen (secondary N) is 3. The largest absolute Gasteiger partial charge is 0.495 e. The molecule has 1 saturated heterocycles. The molecule has 10 heteroatoms. The Kier molecular flexibility index (Phi) is 7.26. The minimum absolute atomic E-state index is 0.189. The number of rotatable bonds is 7. The van der Waals surface area contributed by atoms with Crippen molar-refractivity contribution in [2.75, 3.05) is 56.0 Å². The molecule has 1 aliphatic heterocycles. The van der Waals surface area contributed by atoms with Gasteiger partial charge in [-0.1, -0.05) is 12.1 Å². The molecule has 1 aromatic heterocycles. The molecule has 33 heavy (non-hydrogen) atoms. The van der Waals surface area contributed by atoms with Crippen molar-refractivity contribution in [2.45, 2.75) is 0 Å². The van der Waals surface area contributed by atoms with Crippen LogP contribution in [0.25, 0.3) is 0 Å². The van der Waals surface area contributed by atoms with Crippen LogP contribution in [0.1, 0.15) is 10.4 Å². The topological polar surface area (TPSA) is 101 Å². The smallest absolute Gasteiger partial charge is 0.253 e. The fourth-order valence-electron chi connectivity index (χ4n) is 3.50. The van der Waals surface area contributed by atoms with Crippen LogP contribution in [-0.4, -0.2) is 56.3 Å².